The second-order valence-corrected chi connectivity index (χ2v) is 5.62. The molecular formula is C19H19N7. The summed E-state index contributed by atoms with van der Waals surface area (Å²) in [6, 6.07) is 8.04. The van der Waals surface area contributed by atoms with Gasteiger partial charge in [-0.05, 0) is 29.8 Å². The van der Waals surface area contributed by atoms with Gasteiger partial charge in [-0.2, -0.15) is 0 Å². The van der Waals surface area contributed by atoms with E-state index >= 15 is 0 Å². The third-order valence-corrected chi connectivity index (χ3v) is 3.97. The first-order valence-electron chi connectivity index (χ1n) is 8.11. The molecule has 0 aliphatic carbocycles. The van der Waals surface area contributed by atoms with Crippen molar-refractivity contribution in [3.05, 3.63) is 73.6 Å². The Balaban J connectivity index is 0.00000210. The van der Waals surface area contributed by atoms with Gasteiger partial charge in [-0.25, -0.2) is 9.50 Å². The molecule has 7 heteroatoms. The zero-order chi connectivity index (χ0) is 17.9. The van der Waals surface area contributed by atoms with Gasteiger partial charge in [0, 0.05) is 38.8 Å². The summed E-state index contributed by atoms with van der Waals surface area (Å²) in [5.41, 5.74) is 5.52. The fraction of sp³-hybridized carbons (Fsp3) is 0.0526. The van der Waals surface area contributed by atoms with Crippen molar-refractivity contribution in [3.63, 3.8) is 0 Å². The summed E-state index contributed by atoms with van der Waals surface area (Å²) < 4.78 is 1.80. The minimum atomic E-state index is 0. The molecule has 0 bridgehead atoms. The molecule has 0 saturated carbocycles. The van der Waals surface area contributed by atoms with Crippen LogP contribution in [0.3, 0.4) is 0 Å². The Morgan fingerprint density at radius 1 is 1.15 bits per heavy atom. The smallest absolute Gasteiger partial charge is 0.245 e. The summed E-state index contributed by atoms with van der Waals surface area (Å²) >= 11 is 0. The molecule has 0 fully saturated rings. The van der Waals surface area contributed by atoms with Crippen molar-refractivity contribution in [3.8, 4) is 11.1 Å². The Morgan fingerprint density at radius 3 is 2.81 bits per heavy atom. The highest BCUT2D eigenvalue weighted by Crippen LogP contribution is 2.27. The lowest BCUT2D eigenvalue weighted by molar-refractivity contribution is 0.908. The average molecular weight is 345 g/mol. The number of aromatic nitrogens is 5. The summed E-state index contributed by atoms with van der Waals surface area (Å²) in [6.07, 6.45) is 10.6. The van der Waals surface area contributed by atoms with Gasteiger partial charge in [-0.15, -0.1) is 5.10 Å². The fourth-order valence-corrected chi connectivity index (χ4v) is 2.76. The van der Waals surface area contributed by atoms with E-state index in [9.17, 15) is 0 Å². The van der Waals surface area contributed by atoms with Crippen molar-refractivity contribution in [2.45, 2.75) is 0 Å². The van der Waals surface area contributed by atoms with Crippen LogP contribution in [0, 0.1) is 0 Å². The Kier molecular flexibility index (Phi) is 4.03. The quantitative estimate of drug-likeness (QED) is 0.541. The number of allylic oxidation sites excluding steroid dienone is 1. The molecule has 7 nitrogen and oxygen atoms in total. The van der Waals surface area contributed by atoms with E-state index in [1.807, 2.05) is 37.5 Å². The van der Waals surface area contributed by atoms with Crippen molar-refractivity contribution in [1.82, 2.24) is 29.9 Å². The van der Waals surface area contributed by atoms with Gasteiger partial charge < -0.3 is 10.6 Å². The first-order chi connectivity index (χ1) is 12.8. The maximum atomic E-state index is 4.50. The molecule has 2 N–H and O–H groups in total. The number of fused-ring (bicyclic) bond motifs is 2. The molecule has 0 amide bonds. The monoisotopic (exact) mass is 345 g/mol. The Bertz CT molecular complexity index is 1130. The first kappa shape index (κ1) is 15.8. The maximum absolute atomic E-state index is 4.50. The third-order valence-electron chi connectivity index (χ3n) is 3.97. The van der Waals surface area contributed by atoms with Crippen molar-refractivity contribution in [1.29, 1.82) is 0 Å². The van der Waals surface area contributed by atoms with Crippen LogP contribution in [0.2, 0.25) is 0 Å². The highest BCUT2D eigenvalue weighted by Gasteiger charge is 2.09. The average Bonchev–Trinajstić information content (AvgIpc) is 3.10. The van der Waals surface area contributed by atoms with Crippen LogP contribution in [0.1, 0.15) is 1.43 Å². The van der Waals surface area contributed by atoms with Gasteiger partial charge in [0.05, 0.1) is 28.4 Å². The van der Waals surface area contributed by atoms with Crippen LogP contribution < -0.4 is 10.6 Å². The minimum Gasteiger partial charge on any atom is -0.392 e. The van der Waals surface area contributed by atoms with Gasteiger partial charge in [-0.1, -0.05) is 12.6 Å². The lowest BCUT2D eigenvalue weighted by Gasteiger charge is -2.06. The van der Waals surface area contributed by atoms with Crippen molar-refractivity contribution in [2.75, 3.05) is 12.4 Å². The second-order valence-electron chi connectivity index (χ2n) is 5.62. The Hall–Kier alpha value is -3.74. The van der Waals surface area contributed by atoms with E-state index in [4.69, 9.17) is 0 Å². The second kappa shape index (κ2) is 6.64. The molecule has 0 spiro atoms. The van der Waals surface area contributed by atoms with Gasteiger partial charge in [0.1, 0.15) is 0 Å². The van der Waals surface area contributed by atoms with Gasteiger partial charge >= 0.3 is 0 Å². The Labute approximate surface area is 151 Å². The van der Waals surface area contributed by atoms with Crippen LogP contribution in [-0.4, -0.2) is 31.6 Å². The summed E-state index contributed by atoms with van der Waals surface area (Å²) in [6.45, 7) is 3.76. The summed E-state index contributed by atoms with van der Waals surface area (Å²) in [5.74, 6) is 0.491. The lowest BCUT2D eigenvalue weighted by atomic mass is 10.1. The largest absolute Gasteiger partial charge is 0.392 e. The zero-order valence-corrected chi connectivity index (χ0v) is 14.2. The van der Waals surface area contributed by atoms with E-state index in [1.54, 1.807) is 35.4 Å². The van der Waals surface area contributed by atoms with E-state index in [0.29, 0.717) is 5.95 Å². The number of nitrogens with one attached hydrogen (secondary N) is 2. The summed E-state index contributed by atoms with van der Waals surface area (Å²) in [7, 11) is 1.82. The molecule has 0 atom stereocenters. The molecule has 130 valence electrons. The third kappa shape index (κ3) is 2.86. The van der Waals surface area contributed by atoms with Gasteiger partial charge in [-0.3, -0.25) is 9.97 Å². The van der Waals surface area contributed by atoms with Crippen LogP contribution >= 0.6 is 0 Å². The lowest BCUT2D eigenvalue weighted by Crippen LogP contribution is -2.07. The van der Waals surface area contributed by atoms with Gasteiger partial charge in [0.15, 0.2) is 0 Å². The van der Waals surface area contributed by atoms with Crippen LogP contribution in [0.5, 0.6) is 0 Å². The molecule has 0 aliphatic rings. The molecule has 26 heavy (non-hydrogen) atoms. The molecule has 4 rings (SSSR count). The molecular weight excluding hydrogens is 326 g/mol. The SMILES string of the molecule is C=C/C(=C\NC)Nc1ncc2c(-c3ccc4nccnc4c3)ccn2n1.[HH]. The molecule has 1 aromatic carbocycles. The molecule has 3 aromatic heterocycles. The summed E-state index contributed by atoms with van der Waals surface area (Å²) in [4.78, 5) is 13.1. The highest BCUT2D eigenvalue weighted by atomic mass is 15.3. The van der Waals surface area contributed by atoms with E-state index in [1.165, 1.54) is 0 Å². The number of nitrogens with zero attached hydrogens (tertiary/aromatic N) is 5. The molecule has 4 aromatic rings. The van der Waals surface area contributed by atoms with Crippen molar-refractivity contribution in [2.24, 2.45) is 0 Å². The van der Waals surface area contributed by atoms with Crippen molar-refractivity contribution < 1.29 is 1.43 Å². The number of hydrogen-bond donors (Lipinski definition) is 2. The molecule has 0 unspecified atom stereocenters. The van der Waals surface area contributed by atoms with Gasteiger partial charge in [0.25, 0.3) is 0 Å². The predicted octanol–water partition coefficient (Wildman–Crippen LogP) is 3.24. The normalized spacial score (nSPS) is 11.7. The van der Waals surface area contributed by atoms with E-state index in [0.717, 1.165) is 33.4 Å². The van der Waals surface area contributed by atoms with E-state index in [-0.39, 0.29) is 1.43 Å². The number of benzene rings is 1. The Morgan fingerprint density at radius 2 is 2.00 bits per heavy atom. The van der Waals surface area contributed by atoms with Crippen LogP contribution in [0.25, 0.3) is 27.7 Å². The highest BCUT2D eigenvalue weighted by molar-refractivity contribution is 5.86. The standard InChI is InChI=1S/C19H17N7.H2/c1-3-14(11-20-2)24-19-23-12-18-15(6-9-26(18)25-19)13-4-5-16-17(10-13)22-8-7-21-16;/h3-12,20H,1H2,2H3,(H,24,25);1H/b14-11+;. The fourth-order valence-electron chi connectivity index (χ4n) is 2.76. The van der Waals surface area contributed by atoms with Crippen LogP contribution in [-0.2, 0) is 0 Å². The predicted molar refractivity (Wildman–Crippen MR) is 105 cm³/mol. The number of anilines is 1. The number of rotatable bonds is 5. The first-order valence-corrected chi connectivity index (χ1v) is 8.11. The van der Waals surface area contributed by atoms with E-state index in [2.05, 4.69) is 37.3 Å². The minimum absolute atomic E-state index is 0. The van der Waals surface area contributed by atoms with Crippen LogP contribution in [0.15, 0.2) is 73.6 Å². The van der Waals surface area contributed by atoms with Crippen LogP contribution in [0.4, 0.5) is 5.95 Å². The van der Waals surface area contributed by atoms with Crippen molar-refractivity contribution >= 4 is 22.5 Å². The topological polar surface area (TPSA) is 80.0 Å². The van der Waals surface area contributed by atoms with E-state index < -0.39 is 0 Å². The molecule has 0 saturated heterocycles. The molecule has 0 aliphatic heterocycles. The maximum Gasteiger partial charge on any atom is 0.245 e. The molecule has 0 radical (unpaired) electrons. The number of hydrogen-bond acceptors (Lipinski definition) is 6. The zero-order valence-electron chi connectivity index (χ0n) is 14.2. The van der Waals surface area contributed by atoms with Gasteiger partial charge in [0.2, 0.25) is 5.95 Å². The molecule has 3 heterocycles. The summed E-state index contributed by atoms with van der Waals surface area (Å²) in [5, 5.41) is 10.6.